The van der Waals surface area contributed by atoms with E-state index in [0.29, 0.717) is 29.5 Å². The van der Waals surface area contributed by atoms with E-state index in [2.05, 4.69) is 5.32 Å². The molecule has 0 bridgehead atoms. The molecular formula is C13H15Cl2NO2. The van der Waals surface area contributed by atoms with Crippen LogP contribution in [0.15, 0.2) is 18.2 Å². The van der Waals surface area contributed by atoms with Gasteiger partial charge in [0, 0.05) is 36.0 Å². The summed E-state index contributed by atoms with van der Waals surface area (Å²) in [6.07, 6.45) is 0.735. The molecule has 0 aliphatic carbocycles. The summed E-state index contributed by atoms with van der Waals surface area (Å²) in [6.45, 7) is 2.26. The van der Waals surface area contributed by atoms with Crippen molar-refractivity contribution in [1.82, 2.24) is 5.32 Å². The highest BCUT2D eigenvalue weighted by atomic mass is 35.5. The van der Waals surface area contributed by atoms with Gasteiger partial charge in [0.05, 0.1) is 12.7 Å². The lowest BCUT2D eigenvalue weighted by Gasteiger charge is -2.23. The topological polar surface area (TPSA) is 38.3 Å². The Bertz CT molecular complexity index is 431. The van der Waals surface area contributed by atoms with Crippen LogP contribution >= 0.6 is 23.2 Å². The second-order valence-electron chi connectivity index (χ2n) is 4.35. The fraction of sp³-hybridized carbons (Fsp3) is 0.462. The van der Waals surface area contributed by atoms with E-state index in [1.807, 2.05) is 0 Å². The van der Waals surface area contributed by atoms with Crippen molar-refractivity contribution in [2.24, 2.45) is 0 Å². The number of benzene rings is 1. The molecule has 1 saturated heterocycles. The zero-order valence-corrected chi connectivity index (χ0v) is 11.4. The molecule has 1 fully saturated rings. The summed E-state index contributed by atoms with van der Waals surface area (Å²) in [5.41, 5.74) is 0.815. The quantitative estimate of drug-likeness (QED) is 0.925. The van der Waals surface area contributed by atoms with Crippen LogP contribution < -0.4 is 5.32 Å². The molecule has 1 atom stereocenters. The summed E-state index contributed by atoms with van der Waals surface area (Å²) in [6, 6.07) is 5.20. The van der Waals surface area contributed by atoms with Crippen LogP contribution in [0.3, 0.4) is 0 Å². The van der Waals surface area contributed by atoms with Crippen molar-refractivity contribution in [1.29, 1.82) is 0 Å². The van der Waals surface area contributed by atoms with Gasteiger partial charge in [0.1, 0.15) is 5.78 Å². The lowest BCUT2D eigenvalue weighted by molar-refractivity contribution is -0.121. The number of ketones is 1. The van der Waals surface area contributed by atoms with Crippen molar-refractivity contribution < 1.29 is 9.53 Å². The van der Waals surface area contributed by atoms with Gasteiger partial charge < -0.3 is 10.1 Å². The molecule has 5 heteroatoms. The van der Waals surface area contributed by atoms with E-state index in [1.165, 1.54) is 0 Å². The first-order valence-corrected chi connectivity index (χ1v) is 6.68. The van der Waals surface area contributed by atoms with Gasteiger partial charge in [-0.3, -0.25) is 4.79 Å². The molecule has 3 nitrogen and oxygen atoms in total. The summed E-state index contributed by atoms with van der Waals surface area (Å²) in [4.78, 5) is 11.9. The van der Waals surface area contributed by atoms with Crippen molar-refractivity contribution in [3.05, 3.63) is 33.8 Å². The first kappa shape index (κ1) is 13.8. The van der Waals surface area contributed by atoms with E-state index >= 15 is 0 Å². The lowest BCUT2D eigenvalue weighted by atomic mass is 10.0. The van der Waals surface area contributed by atoms with Crippen molar-refractivity contribution in [3.63, 3.8) is 0 Å². The maximum Gasteiger partial charge on any atom is 0.139 e. The summed E-state index contributed by atoms with van der Waals surface area (Å²) >= 11 is 11.8. The molecule has 0 radical (unpaired) electrons. The number of nitrogens with one attached hydrogen (secondary N) is 1. The average Bonchev–Trinajstić information content (AvgIpc) is 2.34. The van der Waals surface area contributed by atoms with E-state index in [4.69, 9.17) is 27.9 Å². The second-order valence-corrected chi connectivity index (χ2v) is 5.20. The third-order valence-corrected chi connectivity index (χ3v) is 3.45. The Balaban J connectivity index is 1.90. The number of carbonyl (C=O) groups excluding carboxylic acids is 1. The van der Waals surface area contributed by atoms with Crippen molar-refractivity contribution >= 4 is 29.0 Å². The van der Waals surface area contributed by atoms with Crippen LogP contribution in [0.2, 0.25) is 10.0 Å². The van der Waals surface area contributed by atoms with Gasteiger partial charge in [-0.2, -0.15) is 0 Å². The third kappa shape index (κ3) is 3.95. The average molecular weight is 288 g/mol. The predicted molar refractivity (Wildman–Crippen MR) is 72.4 cm³/mol. The zero-order valence-electron chi connectivity index (χ0n) is 9.92. The van der Waals surface area contributed by atoms with Crippen LogP contribution in [-0.4, -0.2) is 31.6 Å². The number of morpholine rings is 1. The maximum atomic E-state index is 11.9. The highest BCUT2D eigenvalue weighted by Crippen LogP contribution is 2.22. The van der Waals surface area contributed by atoms with Gasteiger partial charge in [-0.15, -0.1) is 0 Å². The summed E-state index contributed by atoms with van der Waals surface area (Å²) < 4.78 is 5.50. The minimum Gasteiger partial charge on any atom is -0.375 e. The van der Waals surface area contributed by atoms with Gasteiger partial charge in [-0.1, -0.05) is 29.3 Å². The zero-order chi connectivity index (χ0) is 13.0. The molecule has 0 aromatic heterocycles. The van der Waals surface area contributed by atoms with Crippen molar-refractivity contribution in [3.8, 4) is 0 Å². The highest BCUT2D eigenvalue weighted by molar-refractivity contribution is 6.35. The molecule has 0 spiro atoms. The molecule has 1 aromatic rings. The molecule has 2 rings (SSSR count). The Kier molecular flexibility index (Phi) is 5.01. The van der Waals surface area contributed by atoms with Gasteiger partial charge in [0.15, 0.2) is 0 Å². The maximum absolute atomic E-state index is 11.9. The van der Waals surface area contributed by atoms with Gasteiger partial charge in [-0.05, 0) is 17.7 Å². The largest absolute Gasteiger partial charge is 0.375 e. The molecule has 0 saturated carbocycles. The fourth-order valence-electron chi connectivity index (χ4n) is 1.95. The third-order valence-electron chi connectivity index (χ3n) is 2.86. The van der Waals surface area contributed by atoms with E-state index in [-0.39, 0.29) is 11.9 Å². The van der Waals surface area contributed by atoms with Crippen LogP contribution in [0.25, 0.3) is 0 Å². The van der Waals surface area contributed by atoms with E-state index in [1.54, 1.807) is 18.2 Å². The van der Waals surface area contributed by atoms with Crippen LogP contribution in [0.4, 0.5) is 0 Å². The number of hydrogen-bond donors (Lipinski definition) is 1. The number of hydrogen-bond acceptors (Lipinski definition) is 3. The molecule has 1 unspecified atom stereocenters. The molecule has 0 amide bonds. The molecule has 1 aliphatic rings. The number of Topliss-reactive ketones (excluding diaryl/α,β-unsaturated/α-hetero) is 1. The highest BCUT2D eigenvalue weighted by Gasteiger charge is 2.18. The van der Waals surface area contributed by atoms with Gasteiger partial charge in [0.25, 0.3) is 0 Å². The van der Waals surface area contributed by atoms with Gasteiger partial charge >= 0.3 is 0 Å². The Morgan fingerprint density at radius 1 is 1.44 bits per heavy atom. The molecule has 18 heavy (non-hydrogen) atoms. The number of ether oxygens (including phenoxy) is 1. The number of rotatable bonds is 4. The smallest absolute Gasteiger partial charge is 0.139 e. The van der Waals surface area contributed by atoms with Gasteiger partial charge in [-0.25, -0.2) is 0 Å². The molecular weight excluding hydrogens is 273 g/mol. The van der Waals surface area contributed by atoms with Crippen LogP contribution in [0.5, 0.6) is 0 Å². The summed E-state index contributed by atoms with van der Waals surface area (Å²) in [5.74, 6) is 0.132. The molecule has 1 aromatic carbocycles. The lowest BCUT2D eigenvalue weighted by Crippen LogP contribution is -2.39. The minimum absolute atomic E-state index is 0.0164. The van der Waals surface area contributed by atoms with Gasteiger partial charge in [0.2, 0.25) is 0 Å². The normalized spacial score (nSPS) is 19.8. The number of halogens is 2. The Morgan fingerprint density at radius 2 is 2.28 bits per heavy atom. The fourth-order valence-corrected chi connectivity index (χ4v) is 2.43. The van der Waals surface area contributed by atoms with Crippen molar-refractivity contribution in [2.45, 2.75) is 18.9 Å². The predicted octanol–water partition coefficient (Wildman–Crippen LogP) is 2.48. The first-order valence-electron chi connectivity index (χ1n) is 5.93. The van der Waals surface area contributed by atoms with E-state index in [9.17, 15) is 4.79 Å². The standard InChI is InChI=1S/C13H15Cl2NO2/c14-10-2-1-9(13(15)6-10)5-11(17)7-12-8-16-3-4-18-12/h1-2,6,12,16H,3-5,7-8H2. The van der Waals surface area contributed by atoms with E-state index < -0.39 is 0 Å². The monoisotopic (exact) mass is 287 g/mol. The summed E-state index contributed by atoms with van der Waals surface area (Å²) in [7, 11) is 0. The Labute approximate surface area is 116 Å². The minimum atomic E-state index is -0.0164. The Hall–Kier alpha value is -0.610. The Morgan fingerprint density at radius 3 is 2.94 bits per heavy atom. The molecule has 1 heterocycles. The number of carbonyl (C=O) groups is 1. The first-order chi connectivity index (χ1) is 8.65. The summed E-state index contributed by atoms with van der Waals surface area (Å²) in [5, 5.41) is 4.32. The SMILES string of the molecule is O=C(Cc1ccc(Cl)cc1Cl)CC1CNCCO1. The molecule has 98 valence electrons. The molecule has 1 aliphatic heterocycles. The van der Waals surface area contributed by atoms with Crippen LogP contribution in [0.1, 0.15) is 12.0 Å². The van der Waals surface area contributed by atoms with E-state index in [0.717, 1.165) is 18.7 Å². The van der Waals surface area contributed by atoms with Crippen LogP contribution in [-0.2, 0) is 16.0 Å². The van der Waals surface area contributed by atoms with Crippen molar-refractivity contribution in [2.75, 3.05) is 19.7 Å². The van der Waals surface area contributed by atoms with Crippen LogP contribution in [0, 0.1) is 0 Å². The molecule has 1 N–H and O–H groups in total. The second kappa shape index (κ2) is 6.53.